The number of rotatable bonds is 5. The van der Waals surface area contributed by atoms with E-state index in [9.17, 15) is 9.59 Å². The van der Waals surface area contributed by atoms with Gasteiger partial charge in [-0.1, -0.05) is 24.3 Å². The molecular formula is C32H32F2N6O3. The van der Waals surface area contributed by atoms with Gasteiger partial charge >= 0.3 is 5.97 Å². The van der Waals surface area contributed by atoms with Crippen molar-refractivity contribution >= 4 is 29.0 Å². The van der Waals surface area contributed by atoms with Crippen LogP contribution in [0.5, 0.6) is 0 Å². The van der Waals surface area contributed by atoms with E-state index < -0.39 is 12.0 Å². The number of amides is 1. The summed E-state index contributed by atoms with van der Waals surface area (Å²) in [5.41, 5.74) is 3.40. The van der Waals surface area contributed by atoms with E-state index in [-0.39, 0.29) is 36.1 Å². The number of esters is 1. The molecule has 5 heterocycles. The van der Waals surface area contributed by atoms with Gasteiger partial charge in [-0.15, -0.1) is 0 Å². The van der Waals surface area contributed by atoms with Crippen LogP contribution in [0.1, 0.15) is 53.6 Å². The van der Waals surface area contributed by atoms with Crippen LogP contribution in [0.25, 0.3) is 16.9 Å². The third-order valence-electron chi connectivity index (χ3n) is 8.99. The second-order valence-electron chi connectivity index (χ2n) is 11.5. The Hall–Kier alpha value is -4.54. The monoisotopic (exact) mass is 586 g/mol. The van der Waals surface area contributed by atoms with Crippen molar-refractivity contribution in [1.82, 2.24) is 19.5 Å². The maximum atomic E-state index is 15.5. The highest BCUT2D eigenvalue weighted by Gasteiger charge is 2.35. The van der Waals surface area contributed by atoms with Crippen LogP contribution in [0, 0.1) is 11.7 Å². The van der Waals surface area contributed by atoms with Crippen LogP contribution in [0.15, 0.2) is 54.6 Å². The summed E-state index contributed by atoms with van der Waals surface area (Å²) in [6, 6.07) is 15.3. The Balaban J connectivity index is 1.21. The number of alkyl halides is 1. The molecule has 0 saturated carbocycles. The highest BCUT2D eigenvalue weighted by atomic mass is 19.1. The van der Waals surface area contributed by atoms with Gasteiger partial charge in [-0.25, -0.2) is 13.8 Å². The molecule has 3 aliphatic rings. The molecule has 4 aromatic rings. The topological polar surface area (TPSA) is 83.3 Å². The van der Waals surface area contributed by atoms with Gasteiger partial charge in [-0.3, -0.25) is 9.59 Å². The number of aromatic nitrogens is 3. The number of nitrogens with zero attached hydrogens (tertiary/aromatic N) is 6. The third kappa shape index (κ3) is 4.67. The largest absolute Gasteiger partial charge is 0.469 e. The van der Waals surface area contributed by atoms with E-state index in [1.165, 1.54) is 18.1 Å². The van der Waals surface area contributed by atoms with Crippen LogP contribution >= 0.6 is 0 Å². The van der Waals surface area contributed by atoms with Gasteiger partial charge < -0.3 is 19.4 Å². The number of fused-ring (bicyclic) bond motifs is 2. The summed E-state index contributed by atoms with van der Waals surface area (Å²) in [4.78, 5) is 36.0. The summed E-state index contributed by atoms with van der Waals surface area (Å²) in [5, 5.41) is 4.70. The highest BCUT2D eigenvalue weighted by molar-refractivity contribution is 5.94. The average Bonchev–Trinajstić information content (AvgIpc) is 3.65. The lowest BCUT2D eigenvalue weighted by atomic mass is 9.92. The third-order valence-corrected chi connectivity index (χ3v) is 8.99. The van der Waals surface area contributed by atoms with E-state index in [1.807, 2.05) is 36.1 Å². The predicted octanol–water partition coefficient (Wildman–Crippen LogP) is 4.97. The zero-order valence-corrected chi connectivity index (χ0v) is 24.0. The second-order valence-corrected chi connectivity index (χ2v) is 11.5. The van der Waals surface area contributed by atoms with Crippen molar-refractivity contribution in [3.8, 4) is 11.3 Å². The van der Waals surface area contributed by atoms with E-state index in [4.69, 9.17) is 9.84 Å². The number of carbonyl (C=O) groups excluding carboxylic acids is 2. The lowest BCUT2D eigenvalue weighted by Crippen LogP contribution is -2.41. The summed E-state index contributed by atoms with van der Waals surface area (Å²) in [6.45, 7) is 4.56. The highest BCUT2D eigenvalue weighted by Crippen LogP contribution is 2.38. The number of ether oxygens (including phenoxy) is 1. The minimum absolute atomic E-state index is 0.0532. The average molecular weight is 587 g/mol. The van der Waals surface area contributed by atoms with Crippen molar-refractivity contribution in [1.29, 1.82) is 0 Å². The van der Waals surface area contributed by atoms with Crippen LogP contribution < -0.4 is 9.80 Å². The molecule has 2 aromatic heterocycles. The molecule has 3 atom stereocenters. The minimum atomic E-state index is -1.28. The number of methoxy groups -OCH3 is 1. The van der Waals surface area contributed by atoms with Crippen molar-refractivity contribution in [2.45, 2.75) is 32.0 Å². The molecular weight excluding hydrogens is 554 g/mol. The van der Waals surface area contributed by atoms with Crippen molar-refractivity contribution in [3.05, 3.63) is 77.2 Å². The smallest absolute Gasteiger partial charge is 0.310 e. The fraction of sp³-hybridized carbons (Fsp3) is 0.375. The molecule has 3 aliphatic heterocycles. The van der Waals surface area contributed by atoms with Gasteiger partial charge in [0, 0.05) is 49.6 Å². The van der Waals surface area contributed by atoms with Gasteiger partial charge in [-0.2, -0.15) is 9.61 Å². The molecule has 2 fully saturated rings. The fourth-order valence-electron chi connectivity index (χ4n) is 6.41. The first kappa shape index (κ1) is 27.3. The van der Waals surface area contributed by atoms with E-state index in [2.05, 4.69) is 9.88 Å². The van der Waals surface area contributed by atoms with E-state index in [0.717, 1.165) is 25.1 Å². The van der Waals surface area contributed by atoms with E-state index >= 15 is 8.78 Å². The van der Waals surface area contributed by atoms with E-state index in [1.54, 1.807) is 28.8 Å². The molecule has 11 heteroatoms. The molecule has 9 nitrogen and oxygen atoms in total. The van der Waals surface area contributed by atoms with Crippen LogP contribution in [0.4, 0.5) is 20.3 Å². The van der Waals surface area contributed by atoms with Crippen molar-refractivity contribution in [2.24, 2.45) is 5.92 Å². The molecule has 0 bridgehead atoms. The summed E-state index contributed by atoms with van der Waals surface area (Å²) in [7, 11) is 1.38. The number of halogens is 2. The van der Waals surface area contributed by atoms with Crippen LogP contribution in [-0.4, -0.2) is 71.2 Å². The second kappa shape index (κ2) is 10.6. The molecule has 0 unspecified atom stereocenters. The Bertz CT molecular complexity index is 1740. The molecule has 0 N–H and O–H groups in total. The maximum absolute atomic E-state index is 15.5. The quantitative estimate of drug-likeness (QED) is 0.306. The van der Waals surface area contributed by atoms with Gasteiger partial charge in [0.15, 0.2) is 5.65 Å². The molecule has 222 valence electrons. The normalized spacial score (nSPS) is 21.6. The zero-order chi connectivity index (χ0) is 29.8. The molecule has 2 saturated heterocycles. The zero-order valence-electron chi connectivity index (χ0n) is 24.0. The maximum Gasteiger partial charge on any atom is 0.310 e. The van der Waals surface area contributed by atoms with Crippen LogP contribution in [0.3, 0.4) is 0 Å². The predicted molar refractivity (Wildman–Crippen MR) is 157 cm³/mol. The van der Waals surface area contributed by atoms with Crippen LogP contribution in [-0.2, 0) is 9.53 Å². The molecule has 1 amide bonds. The Morgan fingerprint density at radius 1 is 0.977 bits per heavy atom. The molecule has 2 aromatic carbocycles. The summed E-state index contributed by atoms with van der Waals surface area (Å²) < 4.78 is 37.2. The van der Waals surface area contributed by atoms with Crippen LogP contribution in [0.2, 0.25) is 0 Å². The molecule has 0 aliphatic carbocycles. The molecule has 0 radical (unpaired) electrons. The summed E-state index contributed by atoms with van der Waals surface area (Å²) in [6.07, 6.45) is 0.381. The Labute approximate surface area is 247 Å². The Kier molecular flexibility index (Phi) is 6.75. The van der Waals surface area contributed by atoms with Gasteiger partial charge in [-0.05, 0) is 49.1 Å². The molecule has 0 spiro atoms. The van der Waals surface area contributed by atoms with E-state index in [0.29, 0.717) is 53.5 Å². The van der Waals surface area contributed by atoms with Gasteiger partial charge in [0.05, 0.1) is 31.3 Å². The molecule has 43 heavy (non-hydrogen) atoms. The number of carbonyl (C=O) groups is 2. The number of hydrogen-bond donors (Lipinski definition) is 0. The molecule has 7 rings (SSSR count). The SMILES string of the molecule is COC(=O)[C@H]1CCN(c2ccc(-c3cc4nc(C(=O)N5C[C@@H](F)c6ccccc6[C@H]5C)cc(N5CCC5)n4n3)c(F)c2)C1. The van der Waals surface area contributed by atoms with Gasteiger partial charge in [0.2, 0.25) is 0 Å². The fourth-order valence-corrected chi connectivity index (χ4v) is 6.41. The Morgan fingerprint density at radius 3 is 2.49 bits per heavy atom. The number of hydrogen-bond acceptors (Lipinski definition) is 7. The van der Waals surface area contributed by atoms with Crippen molar-refractivity contribution < 1.29 is 23.1 Å². The van der Waals surface area contributed by atoms with Crippen molar-refractivity contribution in [2.75, 3.05) is 49.6 Å². The minimum Gasteiger partial charge on any atom is -0.469 e. The standard InChI is InChI=1S/C32H32F2N6O3/c1-19-22-6-3-4-7-23(22)26(34)18-39(19)31(41)28-16-30(37-11-5-12-37)40-29(35-28)15-27(36-40)24-9-8-21(14-25(24)33)38-13-10-20(17-38)32(42)43-2/h3-4,6-9,14-16,19-20,26H,5,10-13,17-18H2,1-2H3/t19-,20+,26-/m1/s1. The lowest BCUT2D eigenvalue weighted by Gasteiger charge is -2.37. The van der Waals surface area contributed by atoms with Gasteiger partial charge in [0.1, 0.15) is 23.5 Å². The summed E-state index contributed by atoms with van der Waals surface area (Å²) >= 11 is 0. The lowest BCUT2D eigenvalue weighted by molar-refractivity contribution is -0.144. The first-order valence-electron chi connectivity index (χ1n) is 14.6. The number of benzene rings is 2. The van der Waals surface area contributed by atoms with Gasteiger partial charge in [0.25, 0.3) is 5.91 Å². The first-order valence-corrected chi connectivity index (χ1v) is 14.6. The number of anilines is 2. The van der Waals surface area contributed by atoms with Crippen molar-refractivity contribution in [3.63, 3.8) is 0 Å². The Morgan fingerprint density at radius 2 is 1.77 bits per heavy atom. The first-order chi connectivity index (χ1) is 20.8. The summed E-state index contributed by atoms with van der Waals surface area (Å²) in [5.74, 6) is -0.595.